The van der Waals surface area contributed by atoms with Gasteiger partial charge in [0.2, 0.25) is 0 Å². The van der Waals surface area contributed by atoms with Crippen molar-refractivity contribution in [3.8, 4) is 0 Å². The number of nitrogen functional groups attached to an aromatic ring is 1. The van der Waals surface area contributed by atoms with Gasteiger partial charge in [0, 0.05) is 16.6 Å². The number of hydrogen-bond donors (Lipinski definition) is 3. The average Bonchev–Trinajstić information content (AvgIpc) is 2.09. The van der Waals surface area contributed by atoms with Crippen LogP contribution in [0.15, 0.2) is 22.7 Å². The normalized spacial score (nSPS) is 12.4. The molecule has 0 aromatic heterocycles. The van der Waals surface area contributed by atoms with Gasteiger partial charge in [0.15, 0.2) is 0 Å². The van der Waals surface area contributed by atoms with Gasteiger partial charge in [0.05, 0.1) is 0 Å². The Morgan fingerprint density at radius 3 is 2.71 bits per heavy atom. The number of carboxylic acid groups (broad SMARTS) is 1. The van der Waals surface area contributed by atoms with Gasteiger partial charge in [-0.25, -0.2) is 0 Å². The van der Waals surface area contributed by atoms with Gasteiger partial charge in [0.25, 0.3) is 0 Å². The van der Waals surface area contributed by atoms with Crippen molar-refractivity contribution in [2.24, 2.45) is 5.73 Å². The van der Waals surface area contributed by atoms with Crippen molar-refractivity contribution in [2.45, 2.75) is 12.5 Å². The van der Waals surface area contributed by atoms with Crippen LogP contribution >= 0.6 is 15.9 Å². The Hall–Kier alpha value is -1.07. The van der Waals surface area contributed by atoms with Crippen molar-refractivity contribution in [1.82, 2.24) is 0 Å². The molecule has 0 aliphatic rings. The lowest BCUT2D eigenvalue weighted by Gasteiger charge is -2.09. The summed E-state index contributed by atoms with van der Waals surface area (Å²) in [4.78, 5) is 10.5. The van der Waals surface area contributed by atoms with Gasteiger partial charge in [-0.3, -0.25) is 4.79 Å². The summed E-state index contributed by atoms with van der Waals surface area (Å²) in [6.45, 7) is 0. The van der Waals surface area contributed by atoms with E-state index in [4.69, 9.17) is 16.6 Å². The van der Waals surface area contributed by atoms with E-state index in [0.29, 0.717) is 5.69 Å². The number of rotatable bonds is 3. The fourth-order valence-corrected chi connectivity index (χ4v) is 1.45. The Morgan fingerprint density at radius 2 is 2.21 bits per heavy atom. The van der Waals surface area contributed by atoms with Gasteiger partial charge >= 0.3 is 5.97 Å². The molecule has 5 N–H and O–H groups in total. The van der Waals surface area contributed by atoms with Crippen molar-refractivity contribution in [2.75, 3.05) is 5.73 Å². The number of carbonyl (C=O) groups is 1. The van der Waals surface area contributed by atoms with Crippen LogP contribution in [0.5, 0.6) is 0 Å². The van der Waals surface area contributed by atoms with Crippen molar-refractivity contribution < 1.29 is 9.90 Å². The lowest BCUT2D eigenvalue weighted by molar-refractivity contribution is -0.138. The van der Waals surface area contributed by atoms with Crippen LogP contribution in [-0.4, -0.2) is 17.1 Å². The number of anilines is 1. The topological polar surface area (TPSA) is 89.3 Å². The molecule has 0 radical (unpaired) electrons. The monoisotopic (exact) mass is 258 g/mol. The second-order valence-corrected chi connectivity index (χ2v) is 3.91. The first kappa shape index (κ1) is 11.0. The number of nitrogens with two attached hydrogens (primary N) is 2. The summed E-state index contributed by atoms with van der Waals surface area (Å²) < 4.78 is 0.864. The number of hydrogen-bond acceptors (Lipinski definition) is 3. The van der Waals surface area contributed by atoms with Crippen molar-refractivity contribution in [1.29, 1.82) is 0 Å². The third-order valence-electron chi connectivity index (χ3n) is 1.86. The minimum absolute atomic E-state index is 0.244. The van der Waals surface area contributed by atoms with Crippen LogP contribution in [0.1, 0.15) is 5.56 Å². The first-order valence-electron chi connectivity index (χ1n) is 4.03. The Kier molecular flexibility index (Phi) is 3.49. The summed E-state index contributed by atoms with van der Waals surface area (Å²) in [6.07, 6.45) is 0.244. The molecule has 0 bridgehead atoms. The van der Waals surface area contributed by atoms with Crippen LogP contribution in [0.4, 0.5) is 5.69 Å². The fraction of sp³-hybridized carbons (Fsp3) is 0.222. The van der Waals surface area contributed by atoms with Gasteiger partial charge in [-0.15, -0.1) is 0 Å². The molecule has 0 fully saturated rings. The van der Waals surface area contributed by atoms with E-state index in [9.17, 15) is 4.79 Å². The van der Waals surface area contributed by atoms with Gasteiger partial charge < -0.3 is 16.6 Å². The summed E-state index contributed by atoms with van der Waals surface area (Å²) in [5.41, 5.74) is 12.4. The molecule has 1 unspecified atom stereocenters. The highest BCUT2D eigenvalue weighted by molar-refractivity contribution is 9.10. The smallest absolute Gasteiger partial charge is 0.320 e. The molecule has 1 aromatic rings. The number of carboxylic acids is 1. The van der Waals surface area contributed by atoms with Crippen LogP contribution in [-0.2, 0) is 11.2 Å². The zero-order valence-electron chi connectivity index (χ0n) is 7.40. The molecule has 0 saturated carbocycles. The maximum atomic E-state index is 10.5. The average molecular weight is 259 g/mol. The molecule has 0 amide bonds. The van der Waals surface area contributed by atoms with E-state index in [0.717, 1.165) is 10.0 Å². The summed E-state index contributed by atoms with van der Waals surface area (Å²) >= 11 is 3.26. The molecular formula is C9H11BrN2O2. The van der Waals surface area contributed by atoms with Gasteiger partial charge in [-0.1, -0.05) is 22.0 Å². The van der Waals surface area contributed by atoms with Gasteiger partial charge in [-0.2, -0.15) is 0 Å². The minimum atomic E-state index is -1.02. The molecule has 14 heavy (non-hydrogen) atoms. The zero-order valence-corrected chi connectivity index (χ0v) is 8.99. The number of benzene rings is 1. The summed E-state index contributed by atoms with van der Waals surface area (Å²) in [5.74, 6) is -1.02. The molecule has 1 rings (SSSR count). The molecule has 0 spiro atoms. The van der Waals surface area contributed by atoms with Crippen molar-refractivity contribution >= 4 is 27.6 Å². The number of aliphatic carboxylic acids is 1. The second kappa shape index (κ2) is 4.43. The molecule has 1 atom stereocenters. The first-order chi connectivity index (χ1) is 6.50. The molecule has 0 aliphatic heterocycles. The predicted molar refractivity (Wildman–Crippen MR) is 57.9 cm³/mol. The zero-order chi connectivity index (χ0) is 10.7. The molecule has 1 aromatic carbocycles. The molecule has 4 nitrogen and oxygen atoms in total. The van der Waals surface area contributed by atoms with E-state index >= 15 is 0 Å². The Bertz CT molecular complexity index is 355. The largest absolute Gasteiger partial charge is 0.480 e. The third-order valence-corrected chi connectivity index (χ3v) is 2.36. The maximum absolute atomic E-state index is 10.5. The van der Waals surface area contributed by atoms with E-state index in [1.165, 1.54) is 0 Å². The van der Waals surface area contributed by atoms with E-state index in [1.54, 1.807) is 18.2 Å². The third kappa shape index (κ3) is 2.71. The molecule has 0 aliphatic carbocycles. The molecule has 76 valence electrons. The molecular weight excluding hydrogens is 248 g/mol. The Morgan fingerprint density at radius 1 is 1.57 bits per heavy atom. The minimum Gasteiger partial charge on any atom is -0.480 e. The lowest BCUT2D eigenvalue weighted by atomic mass is 10.1. The van der Waals surface area contributed by atoms with Gasteiger partial charge in [-0.05, 0) is 17.7 Å². The summed E-state index contributed by atoms with van der Waals surface area (Å²) in [7, 11) is 0. The summed E-state index contributed by atoms with van der Waals surface area (Å²) in [5, 5.41) is 8.61. The molecule has 5 heteroatoms. The van der Waals surface area contributed by atoms with E-state index < -0.39 is 12.0 Å². The maximum Gasteiger partial charge on any atom is 0.320 e. The van der Waals surface area contributed by atoms with Crippen LogP contribution in [0.25, 0.3) is 0 Å². The molecule has 0 heterocycles. The predicted octanol–water partition coefficient (Wildman–Crippen LogP) is 0.986. The Balaban J connectivity index is 2.82. The molecule has 0 saturated heterocycles. The highest BCUT2D eigenvalue weighted by Crippen LogP contribution is 2.19. The van der Waals surface area contributed by atoms with E-state index in [1.807, 2.05) is 0 Å². The SMILES string of the molecule is Nc1cc(Br)ccc1CC(N)C(=O)O. The lowest BCUT2D eigenvalue weighted by Crippen LogP contribution is -2.32. The van der Waals surface area contributed by atoms with Crippen LogP contribution < -0.4 is 11.5 Å². The highest BCUT2D eigenvalue weighted by atomic mass is 79.9. The van der Waals surface area contributed by atoms with Crippen LogP contribution in [0.3, 0.4) is 0 Å². The van der Waals surface area contributed by atoms with Crippen molar-refractivity contribution in [3.63, 3.8) is 0 Å². The standard InChI is InChI=1S/C9H11BrN2O2/c10-6-2-1-5(7(11)4-6)3-8(12)9(13)14/h1-2,4,8H,3,11-12H2,(H,13,14). The first-order valence-corrected chi connectivity index (χ1v) is 4.82. The Labute approximate surface area is 90.0 Å². The number of halogens is 1. The quantitative estimate of drug-likeness (QED) is 0.706. The van der Waals surface area contributed by atoms with Crippen LogP contribution in [0.2, 0.25) is 0 Å². The second-order valence-electron chi connectivity index (χ2n) is 2.99. The summed E-state index contributed by atoms with van der Waals surface area (Å²) in [6, 6.07) is 4.39. The van der Waals surface area contributed by atoms with Crippen molar-refractivity contribution in [3.05, 3.63) is 28.2 Å². The van der Waals surface area contributed by atoms with Crippen LogP contribution in [0, 0.1) is 0 Å². The van der Waals surface area contributed by atoms with E-state index in [-0.39, 0.29) is 6.42 Å². The fourth-order valence-electron chi connectivity index (χ4n) is 1.08. The van der Waals surface area contributed by atoms with E-state index in [2.05, 4.69) is 15.9 Å². The van der Waals surface area contributed by atoms with Gasteiger partial charge in [0.1, 0.15) is 6.04 Å². The highest BCUT2D eigenvalue weighted by Gasteiger charge is 2.13.